The normalized spacial score (nSPS) is 17.6. The van der Waals surface area contributed by atoms with E-state index in [0.29, 0.717) is 12.2 Å². The first-order chi connectivity index (χ1) is 10.6. The average molecular weight is 295 g/mol. The third-order valence-electron chi connectivity index (χ3n) is 3.83. The minimum Gasteiger partial charge on any atom is -0.324 e. The zero-order valence-electron chi connectivity index (χ0n) is 12.3. The summed E-state index contributed by atoms with van der Waals surface area (Å²) in [5, 5.41) is 2.81. The second-order valence-electron chi connectivity index (χ2n) is 5.42. The van der Waals surface area contributed by atoms with Crippen molar-refractivity contribution < 1.29 is 9.59 Å². The third kappa shape index (κ3) is 2.83. The fraction of sp³-hybridized carbons (Fsp3) is 0.235. The quantitative estimate of drug-likeness (QED) is 0.945. The maximum absolute atomic E-state index is 12.3. The van der Waals surface area contributed by atoms with Crippen molar-refractivity contribution in [3.05, 3.63) is 54.4 Å². The number of aromatic nitrogens is 1. The lowest BCUT2D eigenvalue weighted by Gasteiger charge is -2.18. The van der Waals surface area contributed by atoms with Crippen LogP contribution in [-0.4, -0.2) is 23.3 Å². The summed E-state index contributed by atoms with van der Waals surface area (Å²) in [6.07, 6.45) is 3.48. The summed E-state index contributed by atoms with van der Waals surface area (Å²) in [6, 6.07) is 11.3. The van der Waals surface area contributed by atoms with Gasteiger partial charge in [-0.1, -0.05) is 18.2 Å². The molecule has 0 spiro atoms. The summed E-state index contributed by atoms with van der Waals surface area (Å²) in [4.78, 5) is 30.2. The van der Waals surface area contributed by atoms with E-state index in [0.717, 1.165) is 11.3 Å². The lowest BCUT2D eigenvalue weighted by atomic mass is 10.1. The Morgan fingerprint density at radius 2 is 2.09 bits per heavy atom. The van der Waals surface area contributed by atoms with E-state index in [4.69, 9.17) is 0 Å². The van der Waals surface area contributed by atoms with E-state index in [1.54, 1.807) is 29.4 Å². The predicted octanol–water partition coefficient (Wildman–Crippen LogP) is 2.38. The highest BCUT2D eigenvalue weighted by molar-refractivity contribution is 6.03. The van der Waals surface area contributed by atoms with E-state index in [1.165, 1.54) is 0 Å². The number of aryl methyl sites for hydroxylation is 1. The average Bonchev–Trinajstić information content (AvgIpc) is 2.91. The van der Waals surface area contributed by atoms with Crippen LogP contribution < -0.4 is 10.2 Å². The number of nitrogens with one attached hydrogen (secondary N) is 1. The molecule has 2 heterocycles. The highest BCUT2D eigenvalue weighted by Gasteiger charge is 2.35. The molecule has 0 radical (unpaired) electrons. The molecule has 2 amide bonds. The van der Waals surface area contributed by atoms with Crippen molar-refractivity contribution in [1.82, 2.24) is 4.98 Å². The van der Waals surface area contributed by atoms with Crippen LogP contribution >= 0.6 is 0 Å². The molecule has 1 aliphatic rings. The van der Waals surface area contributed by atoms with Gasteiger partial charge in [0.05, 0.1) is 17.8 Å². The first-order valence-electron chi connectivity index (χ1n) is 7.22. The summed E-state index contributed by atoms with van der Waals surface area (Å²) >= 11 is 0. The molecule has 1 aromatic heterocycles. The SMILES string of the molecule is Cc1ccccc1N1C[C@H](C(=O)Nc2cccnc2)CC1=O. The van der Waals surface area contributed by atoms with Gasteiger partial charge in [-0.05, 0) is 30.7 Å². The molecule has 0 saturated carbocycles. The summed E-state index contributed by atoms with van der Waals surface area (Å²) in [6.45, 7) is 2.38. The Labute approximate surface area is 129 Å². The van der Waals surface area contributed by atoms with Gasteiger partial charge in [0.15, 0.2) is 0 Å². The van der Waals surface area contributed by atoms with Gasteiger partial charge in [-0.15, -0.1) is 0 Å². The van der Waals surface area contributed by atoms with Gasteiger partial charge < -0.3 is 10.2 Å². The number of hydrogen-bond donors (Lipinski definition) is 1. The number of anilines is 2. The van der Waals surface area contributed by atoms with Gasteiger partial charge in [-0.25, -0.2) is 0 Å². The Hall–Kier alpha value is -2.69. The molecule has 2 aromatic rings. The van der Waals surface area contributed by atoms with Crippen LogP contribution in [0.3, 0.4) is 0 Å². The number of carbonyl (C=O) groups excluding carboxylic acids is 2. The minimum absolute atomic E-state index is 0.0133. The number of carbonyl (C=O) groups is 2. The zero-order chi connectivity index (χ0) is 15.5. The first kappa shape index (κ1) is 14.3. The number of nitrogens with zero attached hydrogens (tertiary/aromatic N) is 2. The Bertz CT molecular complexity index is 700. The monoisotopic (exact) mass is 295 g/mol. The molecule has 3 rings (SSSR count). The van der Waals surface area contributed by atoms with Gasteiger partial charge in [0.25, 0.3) is 0 Å². The molecule has 0 unspecified atom stereocenters. The molecule has 1 aromatic carbocycles. The fourth-order valence-electron chi connectivity index (χ4n) is 2.66. The topological polar surface area (TPSA) is 62.3 Å². The summed E-state index contributed by atoms with van der Waals surface area (Å²) < 4.78 is 0. The van der Waals surface area contributed by atoms with E-state index < -0.39 is 0 Å². The van der Waals surface area contributed by atoms with Gasteiger partial charge in [0.1, 0.15) is 0 Å². The number of hydrogen-bond acceptors (Lipinski definition) is 3. The molecule has 5 nitrogen and oxygen atoms in total. The summed E-state index contributed by atoms with van der Waals surface area (Å²) in [5.74, 6) is -0.495. The number of amides is 2. The molecule has 1 fully saturated rings. The molecule has 112 valence electrons. The molecule has 1 N–H and O–H groups in total. The molecule has 1 aliphatic heterocycles. The largest absolute Gasteiger partial charge is 0.324 e. The van der Waals surface area contributed by atoms with Crippen molar-refractivity contribution in [1.29, 1.82) is 0 Å². The standard InChI is InChI=1S/C17H17N3O2/c1-12-5-2-3-7-15(12)20-11-13(9-16(20)21)17(22)19-14-6-4-8-18-10-14/h2-8,10,13H,9,11H2,1H3,(H,19,22)/t13-/m1/s1. The van der Waals surface area contributed by atoms with Gasteiger partial charge in [-0.2, -0.15) is 0 Å². The molecule has 1 atom stereocenters. The molecular weight excluding hydrogens is 278 g/mol. The van der Waals surface area contributed by atoms with Crippen molar-refractivity contribution in [2.24, 2.45) is 5.92 Å². The smallest absolute Gasteiger partial charge is 0.229 e. The molecule has 1 saturated heterocycles. The lowest BCUT2D eigenvalue weighted by Crippen LogP contribution is -2.28. The highest BCUT2D eigenvalue weighted by Crippen LogP contribution is 2.28. The fourth-order valence-corrected chi connectivity index (χ4v) is 2.66. The van der Waals surface area contributed by atoms with Crippen LogP contribution in [0.2, 0.25) is 0 Å². The van der Waals surface area contributed by atoms with E-state index in [9.17, 15) is 9.59 Å². The Kier molecular flexibility index (Phi) is 3.87. The second-order valence-corrected chi connectivity index (χ2v) is 5.42. The van der Waals surface area contributed by atoms with Crippen LogP contribution in [0, 0.1) is 12.8 Å². The maximum atomic E-state index is 12.3. The van der Waals surface area contributed by atoms with Crippen molar-refractivity contribution in [2.75, 3.05) is 16.8 Å². The van der Waals surface area contributed by atoms with E-state index >= 15 is 0 Å². The van der Waals surface area contributed by atoms with Crippen molar-refractivity contribution >= 4 is 23.2 Å². The van der Waals surface area contributed by atoms with Crippen molar-refractivity contribution in [3.63, 3.8) is 0 Å². The van der Waals surface area contributed by atoms with Gasteiger partial charge in [-0.3, -0.25) is 14.6 Å². The van der Waals surface area contributed by atoms with E-state index in [2.05, 4.69) is 10.3 Å². The van der Waals surface area contributed by atoms with Gasteiger partial charge in [0.2, 0.25) is 11.8 Å². The Morgan fingerprint density at radius 3 is 2.82 bits per heavy atom. The van der Waals surface area contributed by atoms with Gasteiger partial charge >= 0.3 is 0 Å². The molecule has 0 aliphatic carbocycles. The van der Waals surface area contributed by atoms with Crippen LogP contribution in [0.4, 0.5) is 11.4 Å². The Morgan fingerprint density at radius 1 is 1.27 bits per heavy atom. The van der Waals surface area contributed by atoms with Gasteiger partial charge in [0, 0.05) is 24.8 Å². The van der Waals surface area contributed by atoms with Crippen LogP contribution in [0.1, 0.15) is 12.0 Å². The first-order valence-corrected chi connectivity index (χ1v) is 7.22. The van der Waals surface area contributed by atoms with Crippen molar-refractivity contribution in [2.45, 2.75) is 13.3 Å². The number of rotatable bonds is 3. The Balaban J connectivity index is 1.72. The number of benzene rings is 1. The summed E-state index contributed by atoms with van der Waals surface area (Å²) in [7, 11) is 0. The van der Waals surface area contributed by atoms with Crippen LogP contribution in [0.5, 0.6) is 0 Å². The van der Waals surface area contributed by atoms with Crippen LogP contribution in [-0.2, 0) is 9.59 Å². The molecule has 22 heavy (non-hydrogen) atoms. The predicted molar refractivity (Wildman–Crippen MR) is 84.5 cm³/mol. The number of para-hydroxylation sites is 1. The summed E-state index contributed by atoms with van der Waals surface area (Å²) in [5.41, 5.74) is 2.56. The van der Waals surface area contributed by atoms with Crippen LogP contribution in [0.15, 0.2) is 48.8 Å². The number of pyridine rings is 1. The molecular formula is C17H17N3O2. The zero-order valence-corrected chi connectivity index (χ0v) is 12.3. The molecule has 0 bridgehead atoms. The highest BCUT2D eigenvalue weighted by atomic mass is 16.2. The third-order valence-corrected chi connectivity index (χ3v) is 3.83. The van der Waals surface area contributed by atoms with Crippen LogP contribution in [0.25, 0.3) is 0 Å². The molecule has 5 heteroatoms. The van der Waals surface area contributed by atoms with Crippen molar-refractivity contribution in [3.8, 4) is 0 Å². The second kappa shape index (κ2) is 5.97. The van der Waals surface area contributed by atoms with E-state index in [1.807, 2.05) is 31.2 Å². The minimum atomic E-state index is -0.340. The van der Waals surface area contributed by atoms with E-state index in [-0.39, 0.29) is 24.2 Å². The lowest BCUT2D eigenvalue weighted by molar-refractivity contribution is -0.122. The maximum Gasteiger partial charge on any atom is 0.229 e.